The van der Waals surface area contributed by atoms with E-state index >= 15 is 0 Å². The number of benzene rings is 1. The molecule has 1 aliphatic rings. The van der Waals surface area contributed by atoms with Crippen LogP contribution in [-0.4, -0.2) is 17.7 Å². The van der Waals surface area contributed by atoms with Crippen molar-refractivity contribution in [3.8, 4) is 5.75 Å². The van der Waals surface area contributed by atoms with Gasteiger partial charge in [0, 0.05) is 0 Å². The van der Waals surface area contributed by atoms with Crippen LogP contribution in [0.25, 0.3) is 0 Å². The highest BCUT2D eigenvalue weighted by atomic mass is 19.1. The van der Waals surface area contributed by atoms with Crippen molar-refractivity contribution in [3.63, 3.8) is 0 Å². The summed E-state index contributed by atoms with van der Waals surface area (Å²) < 4.78 is 31.0. The molecule has 0 aromatic heterocycles. The fourth-order valence-corrected chi connectivity index (χ4v) is 1.87. The maximum Gasteiger partial charge on any atom is 0.309 e. The topological polar surface area (TPSA) is 46.5 Å². The summed E-state index contributed by atoms with van der Waals surface area (Å²) in [6.45, 7) is 2.00. The zero-order chi connectivity index (χ0) is 12.6. The molecule has 0 saturated heterocycles. The Hall–Kier alpha value is -1.65. The number of hydrogen-bond acceptors (Lipinski definition) is 3. The Bertz CT molecular complexity index is 436. The standard InChI is InChI=1S/C12H12F2O3/c1-2-17-12(16)8-5-7(8)6-3-9(13)11(15)10(14)4-6/h3-4,7-8,15H,2,5H2,1H3. The van der Waals surface area contributed by atoms with Gasteiger partial charge in [0.1, 0.15) is 0 Å². The number of aromatic hydroxyl groups is 1. The molecule has 2 atom stereocenters. The Kier molecular flexibility index (Phi) is 3.00. The molecule has 17 heavy (non-hydrogen) atoms. The first-order valence-corrected chi connectivity index (χ1v) is 5.39. The SMILES string of the molecule is CCOC(=O)C1CC1c1cc(F)c(O)c(F)c1. The molecule has 2 rings (SSSR count). The summed E-state index contributed by atoms with van der Waals surface area (Å²) in [7, 11) is 0. The van der Waals surface area contributed by atoms with E-state index in [2.05, 4.69) is 0 Å². The minimum Gasteiger partial charge on any atom is -0.503 e. The lowest BCUT2D eigenvalue weighted by Crippen LogP contribution is -2.07. The molecular weight excluding hydrogens is 230 g/mol. The number of phenols is 1. The molecule has 0 spiro atoms. The Morgan fingerprint density at radius 2 is 2.06 bits per heavy atom. The van der Waals surface area contributed by atoms with Gasteiger partial charge in [-0.25, -0.2) is 8.78 Å². The van der Waals surface area contributed by atoms with Crippen LogP contribution in [0.15, 0.2) is 12.1 Å². The first-order valence-electron chi connectivity index (χ1n) is 5.39. The largest absolute Gasteiger partial charge is 0.503 e. The van der Waals surface area contributed by atoms with Gasteiger partial charge in [-0.2, -0.15) is 0 Å². The van der Waals surface area contributed by atoms with Gasteiger partial charge in [0.25, 0.3) is 0 Å². The van der Waals surface area contributed by atoms with Gasteiger partial charge in [0.2, 0.25) is 0 Å². The second-order valence-electron chi connectivity index (χ2n) is 4.03. The average Bonchev–Trinajstić information content (AvgIpc) is 3.05. The van der Waals surface area contributed by atoms with Crippen LogP contribution in [0.3, 0.4) is 0 Å². The maximum absolute atomic E-state index is 13.1. The minimum atomic E-state index is -1.01. The zero-order valence-corrected chi connectivity index (χ0v) is 9.24. The van der Waals surface area contributed by atoms with Crippen molar-refractivity contribution in [2.75, 3.05) is 6.61 Å². The van der Waals surface area contributed by atoms with Crippen molar-refractivity contribution in [2.24, 2.45) is 5.92 Å². The Balaban J connectivity index is 2.14. The average molecular weight is 242 g/mol. The number of ether oxygens (including phenoxy) is 1. The van der Waals surface area contributed by atoms with Gasteiger partial charge < -0.3 is 9.84 Å². The summed E-state index contributed by atoms with van der Waals surface area (Å²) in [4.78, 5) is 11.4. The lowest BCUT2D eigenvalue weighted by atomic mass is 10.1. The maximum atomic E-state index is 13.1. The minimum absolute atomic E-state index is 0.210. The number of carbonyl (C=O) groups excluding carboxylic acids is 1. The summed E-state index contributed by atoms with van der Waals surface area (Å²) in [5.41, 5.74) is 0.385. The van der Waals surface area contributed by atoms with Crippen LogP contribution in [0.4, 0.5) is 8.78 Å². The first-order chi connectivity index (χ1) is 8.04. The summed E-state index contributed by atoms with van der Waals surface area (Å²) in [5, 5.41) is 8.95. The summed E-state index contributed by atoms with van der Waals surface area (Å²) in [6.07, 6.45) is 0.530. The third-order valence-electron chi connectivity index (χ3n) is 2.85. The number of carbonyl (C=O) groups is 1. The Morgan fingerprint density at radius 3 is 2.59 bits per heavy atom. The van der Waals surface area contributed by atoms with Crippen molar-refractivity contribution < 1.29 is 23.4 Å². The molecule has 0 bridgehead atoms. The lowest BCUT2D eigenvalue weighted by molar-refractivity contribution is -0.144. The van der Waals surface area contributed by atoms with Crippen LogP contribution >= 0.6 is 0 Å². The molecule has 1 saturated carbocycles. The smallest absolute Gasteiger partial charge is 0.309 e. The monoisotopic (exact) mass is 242 g/mol. The first kappa shape index (κ1) is 11.8. The second-order valence-corrected chi connectivity index (χ2v) is 4.03. The summed E-state index contributed by atoms with van der Waals surface area (Å²) >= 11 is 0. The lowest BCUT2D eigenvalue weighted by Gasteiger charge is -2.04. The van der Waals surface area contributed by atoms with E-state index in [-0.39, 0.29) is 17.8 Å². The van der Waals surface area contributed by atoms with Crippen LogP contribution in [0.2, 0.25) is 0 Å². The molecule has 1 aliphatic carbocycles. The molecule has 3 nitrogen and oxygen atoms in total. The molecular formula is C12H12F2O3. The predicted octanol–water partition coefficient (Wildman–Crippen LogP) is 2.34. The van der Waals surface area contributed by atoms with E-state index in [1.807, 2.05) is 0 Å². The van der Waals surface area contributed by atoms with Crippen LogP contribution in [-0.2, 0) is 9.53 Å². The van der Waals surface area contributed by atoms with Gasteiger partial charge in [-0.3, -0.25) is 4.79 Å². The summed E-state index contributed by atoms with van der Waals surface area (Å²) in [6, 6.07) is 2.12. The Labute approximate surface area is 97.0 Å². The fraction of sp³-hybridized carbons (Fsp3) is 0.417. The van der Waals surface area contributed by atoms with E-state index in [9.17, 15) is 13.6 Å². The molecule has 1 aromatic rings. The quantitative estimate of drug-likeness (QED) is 0.827. The normalized spacial score (nSPS) is 22.3. The molecule has 1 N–H and O–H groups in total. The van der Waals surface area contributed by atoms with Gasteiger partial charge in [0.05, 0.1) is 12.5 Å². The molecule has 0 amide bonds. The van der Waals surface area contributed by atoms with E-state index in [1.54, 1.807) is 6.92 Å². The second kappa shape index (κ2) is 4.31. The van der Waals surface area contributed by atoms with Gasteiger partial charge >= 0.3 is 5.97 Å². The van der Waals surface area contributed by atoms with E-state index in [0.717, 1.165) is 12.1 Å². The number of hydrogen-bond donors (Lipinski definition) is 1. The van der Waals surface area contributed by atoms with Crippen LogP contribution in [0.1, 0.15) is 24.8 Å². The fourth-order valence-electron chi connectivity index (χ4n) is 1.87. The van der Waals surface area contributed by atoms with E-state index in [4.69, 9.17) is 9.84 Å². The van der Waals surface area contributed by atoms with Crippen LogP contribution in [0.5, 0.6) is 5.75 Å². The highest BCUT2D eigenvalue weighted by Gasteiger charge is 2.45. The molecule has 1 fully saturated rings. The number of esters is 1. The van der Waals surface area contributed by atoms with Gasteiger partial charge in [-0.1, -0.05) is 0 Å². The molecule has 92 valence electrons. The van der Waals surface area contributed by atoms with Crippen LogP contribution < -0.4 is 0 Å². The van der Waals surface area contributed by atoms with Gasteiger partial charge in [0.15, 0.2) is 17.4 Å². The van der Waals surface area contributed by atoms with E-state index < -0.39 is 17.4 Å². The van der Waals surface area contributed by atoms with E-state index in [1.165, 1.54) is 0 Å². The van der Waals surface area contributed by atoms with E-state index in [0.29, 0.717) is 18.6 Å². The van der Waals surface area contributed by atoms with Crippen molar-refractivity contribution in [3.05, 3.63) is 29.3 Å². The van der Waals surface area contributed by atoms with Crippen molar-refractivity contribution >= 4 is 5.97 Å². The molecule has 0 heterocycles. The molecule has 0 aliphatic heterocycles. The molecule has 1 aromatic carbocycles. The number of rotatable bonds is 3. The third-order valence-corrected chi connectivity index (χ3v) is 2.85. The molecule has 2 unspecified atom stereocenters. The van der Waals surface area contributed by atoms with Gasteiger partial charge in [-0.05, 0) is 37.0 Å². The Morgan fingerprint density at radius 1 is 1.47 bits per heavy atom. The van der Waals surface area contributed by atoms with Gasteiger partial charge in [-0.15, -0.1) is 0 Å². The van der Waals surface area contributed by atoms with Crippen molar-refractivity contribution in [2.45, 2.75) is 19.3 Å². The highest BCUT2D eigenvalue weighted by Crippen LogP contribution is 2.49. The number of phenolic OH excluding ortho intramolecular Hbond substituents is 1. The highest BCUT2D eigenvalue weighted by molar-refractivity contribution is 5.77. The zero-order valence-electron chi connectivity index (χ0n) is 9.24. The molecule has 5 heteroatoms. The predicted molar refractivity (Wildman–Crippen MR) is 55.5 cm³/mol. The van der Waals surface area contributed by atoms with Crippen molar-refractivity contribution in [1.82, 2.24) is 0 Å². The summed E-state index contributed by atoms with van der Waals surface area (Å²) in [5.74, 6) is -3.87. The molecule has 0 radical (unpaired) electrons. The van der Waals surface area contributed by atoms with Crippen LogP contribution in [0, 0.1) is 17.6 Å². The number of halogens is 2. The third kappa shape index (κ3) is 2.23. The van der Waals surface area contributed by atoms with Crippen molar-refractivity contribution in [1.29, 1.82) is 0 Å².